The van der Waals surface area contributed by atoms with E-state index >= 15 is 0 Å². The summed E-state index contributed by atoms with van der Waals surface area (Å²) in [5, 5.41) is 12.3. The predicted octanol–water partition coefficient (Wildman–Crippen LogP) is 1.43. The zero-order valence-electron chi connectivity index (χ0n) is 10.5. The number of amides is 1. The number of nitrogens with one attached hydrogen (secondary N) is 2. The van der Waals surface area contributed by atoms with Crippen molar-refractivity contribution >= 4 is 17.4 Å². The molecule has 1 amide bonds. The number of aromatic nitrogens is 3. The van der Waals surface area contributed by atoms with Crippen LogP contribution in [0.25, 0.3) is 0 Å². The third-order valence-electron chi connectivity index (χ3n) is 2.39. The van der Waals surface area contributed by atoms with E-state index in [-0.39, 0.29) is 11.5 Å². The standard InChI is InChI=1S/C12H15N5O2/c1-2-7-19-9-6-4-3-5-8(9)14-12(18)10-11(13)16-17-15-10/h3-6H,2,7H2,1H3,(H,14,18)(H3,13,15,16,17). The number of ether oxygens (including phenoxy) is 1. The molecule has 4 N–H and O–H groups in total. The van der Waals surface area contributed by atoms with Crippen LogP contribution in [0.1, 0.15) is 23.8 Å². The fraction of sp³-hybridized carbons (Fsp3) is 0.250. The Morgan fingerprint density at radius 3 is 2.89 bits per heavy atom. The van der Waals surface area contributed by atoms with Gasteiger partial charge in [0, 0.05) is 0 Å². The highest BCUT2D eigenvalue weighted by atomic mass is 16.5. The molecule has 0 saturated heterocycles. The maximum absolute atomic E-state index is 12.0. The number of nitrogens with zero attached hydrogens (tertiary/aromatic N) is 2. The quantitative estimate of drug-likeness (QED) is 0.754. The van der Waals surface area contributed by atoms with Gasteiger partial charge in [0.05, 0.1) is 12.3 Å². The van der Waals surface area contributed by atoms with E-state index < -0.39 is 5.91 Å². The SMILES string of the molecule is CCCOc1ccccc1NC(=O)c1n[nH]nc1N. The summed E-state index contributed by atoms with van der Waals surface area (Å²) in [6.45, 7) is 2.59. The van der Waals surface area contributed by atoms with E-state index in [2.05, 4.69) is 20.7 Å². The van der Waals surface area contributed by atoms with Gasteiger partial charge in [-0.05, 0) is 18.6 Å². The maximum atomic E-state index is 12.0. The van der Waals surface area contributed by atoms with Crippen molar-refractivity contribution in [1.82, 2.24) is 15.4 Å². The Balaban J connectivity index is 2.15. The lowest BCUT2D eigenvalue weighted by Gasteiger charge is -2.11. The van der Waals surface area contributed by atoms with E-state index in [0.29, 0.717) is 18.0 Å². The number of H-pyrrole nitrogens is 1. The second-order valence-electron chi connectivity index (χ2n) is 3.86. The number of nitrogens with two attached hydrogens (primary N) is 1. The van der Waals surface area contributed by atoms with Gasteiger partial charge >= 0.3 is 0 Å². The van der Waals surface area contributed by atoms with Crippen LogP contribution in [0.5, 0.6) is 5.75 Å². The van der Waals surface area contributed by atoms with E-state index in [1.54, 1.807) is 18.2 Å². The average Bonchev–Trinajstić information content (AvgIpc) is 2.84. The zero-order valence-corrected chi connectivity index (χ0v) is 10.5. The number of carbonyl (C=O) groups is 1. The summed E-state index contributed by atoms with van der Waals surface area (Å²) >= 11 is 0. The first-order chi connectivity index (χ1) is 9.22. The minimum atomic E-state index is -0.432. The Morgan fingerprint density at radius 2 is 2.21 bits per heavy atom. The number of para-hydroxylation sites is 2. The third kappa shape index (κ3) is 3.01. The normalized spacial score (nSPS) is 10.2. The largest absolute Gasteiger partial charge is 0.491 e. The molecule has 0 bridgehead atoms. The molecule has 0 aliphatic rings. The van der Waals surface area contributed by atoms with E-state index in [9.17, 15) is 4.79 Å². The van der Waals surface area contributed by atoms with Gasteiger partial charge in [0.2, 0.25) is 0 Å². The van der Waals surface area contributed by atoms with Crippen LogP contribution in [-0.4, -0.2) is 27.9 Å². The lowest BCUT2D eigenvalue weighted by atomic mass is 10.2. The zero-order chi connectivity index (χ0) is 13.7. The van der Waals surface area contributed by atoms with Crippen molar-refractivity contribution in [2.75, 3.05) is 17.7 Å². The Kier molecular flexibility index (Phi) is 3.97. The van der Waals surface area contributed by atoms with Gasteiger partial charge in [-0.2, -0.15) is 5.21 Å². The van der Waals surface area contributed by atoms with Crippen LogP contribution in [0.4, 0.5) is 11.5 Å². The van der Waals surface area contributed by atoms with Crippen LogP contribution in [0.3, 0.4) is 0 Å². The Bertz CT molecular complexity index is 567. The van der Waals surface area contributed by atoms with Crippen molar-refractivity contribution in [3.8, 4) is 5.75 Å². The van der Waals surface area contributed by atoms with Crippen molar-refractivity contribution in [2.24, 2.45) is 0 Å². The van der Waals surface area contributed by atoms with Gasteiger partial charge in [-0.1, -0.05) is 19.1 Å². The molecule has 2 aromatic rings. The minimum absolute atomic E-state index is 0.0597. The first kappa shape index (κ1) is 12.9. The van der Waals surface area contributed by atoms with Crippen LogP contribution in [0, 0.1) is 0 Å². The number of hydrogen-bond acceptors (Lipinski definition) is 5. The summed E-state index contributed by atoms with van der Waals surface area (Å²) in [7, 11) is 0. The molecule has 1 heterocycles. The molecule has 0 unspecified atom stereocenters. The minimum Gasteiger partial charge on any atom is -0.491 e. The highest BCUT2D eigenvalue weighted by Gasteiger charge is 2.15. The first-order valence-corrected chi connectivity index (χ1v) is 5.91. The second kappa shape index (κ2) is 5.85. The lowest BCUT2D eigenvalue weighted by Crippen LogP contribution is -2.15. The highest BCUT2D eigenvalue weighted by Crippen LogP contribution is 2.24. The topological polar surface area (TPSA) is 106 Å². The van der Waals surface area contributed by atoms with Gasteiger partial charge in [-0.15, -0.1) is 10.2 Å². The van der Waals surface area contributed by atoms with Crippen molar-refractivity contribution < 1.29 is 9.53 Å². The Labute approximate surface area is 110 Å². The first-order valence-electron chi connectivity index (χ1n) is 5.91. The summed E-state index contributed by atoms with van der Waals surface area (Å²) < 4.78 is 5.54. The van der Waals surface area contributed by atoms with Gasteiger partial charge in [0.25, 0.3) is 5.91 Å². The number of carbonyl (C=O) groups excluding carboxylic acids is 1. The summed E-state index contributed by atoms with van der Waals surface area (Å²) in [6, 6.07) is 7.18. The summed E-state index contributed by atoms with van der Waals surface area (Å²) in [5.41, 5.74) is 6.15. The summed E-state index contributed by atoms with van der Waals surface area (Å²) in [6.07, 6.45) is 0.887. The van der Waals surface area contributed by atoms with Crippen LogP contribution in [0.2, 0.25) is 0 Å². The number of nitrogen functional groups attached to an aromatic ring is 1. The van der Waals surface area contributed by atoms with E-state index in [1.165, 1.54) is 0 Å². The van der Waals surface area contributed by atoms with Gasteiger partial charge < -0.3 is 15.8 Å². The molecular weight excluding hydrogens is 246 g/mol. The van der Waals surface area contributed by atoms with E-state index in [1.807, 2.05) is 13.0 Å². The predicted molar refractivity (Wildman–Crippen MR) is 71.0 cm³/mol. The van der Waals surface area contributed by atoms with E-state index in [0.717, 1.165) is 6.42 Å². The lowest BCUT2D eigenvalue weighted by molar-refractivity contribution is 0.102. The van der Waals surface area contributed by atoms with Crippen LogP contribution in [0.15, 0.2) is 24.3 Å². The summed E-state index contributed by atoms with van der Waals surface area (Å²) in [4.78, 5) is 12.0. The number of aromatic amines is 1. The number of benzene rings is 1. The average molecular weight is 261 g/mol. The molecule has 1 aromatic carbocycles. The molecule has 0 aliphatic heterocycles. The fourth-order valence-electron chi connectivity index (χ4n) is 1.50. The molecule has 0 saturated carbocycles. The van der Waals surface area contributed by atoms with Crippen LogP contribution >= 0.6 is 0 Å². The number of rotatable bonds is 5. The molecule has 100 valence electrons. The molecule has 0 fully saturated rings. The molecule has 1 aromatic heterocycles. The van der Waals surface area contributed by atoms with Crippen LogP contribution in [-0.2, 0) is 0 Å². The van der Waals surface area contributed by atoms with E-state index in [4.69, 9.17) is 10.5 Å². The third-order valence-corrected chi connectivity index (χ3v) is 2.39. The molecule has 7 nitrogen and oxygen atoms in total. The molecule has 0 radical (unpaired) electrons. The van der Waals surface area contributed by atoms with Crippen molar-refractivity contribution in [3.63, 3.8) is 0 Å². The van der Waals surface area contributed by atoms with Gasteiger partial charge in [-0.3, -0.25) is 4.79 Å². The van der Waals surface area contributed by atoms with Crippen LogP contribution < -0.4 is 15.8 Å². The summed E-state index contributed by atoms with van der Waals surface area (Å²) in [5.74, 6) is 0.239. The van der Waals surface area contributed by atoms with Crippen molar-refractivity contribution in [2.45, 2.75) is 13.3 Å². The van der Waals surface area contributed by atoms with Gasteiger partial charge in [0.15, 0.2) is 11.5 Å². The monoisotopic (exact) mass is 261 g/mol. The highest BCUT2D eigenvalue weighted by molar-refractivity contribution is 6.06. The molecule has 0 spiro atoms. The number of hydrogen-bond donors (Lipinski definition) is 3. The van der Waals surface area contributed by atoms with Crippen molar-refractivity contribution in [1.29, 1.82) is 0 Å². The van der Waals surface area contributed by atoms with Gasteiger partial charge in [-0.25, -0.2) is 0 Å². The molecule has 7 heteroatoms. The molecule has 0 atom stereocenters. The fourth-order valence-corrected chi connectivity index (χ4v) is 1.50. The molecule has 19 heavy (non-hydrogen) atoms. The number of anilines is 2. The second-order valence-corrected chi connectivity index (χ2v) is 3.86. The molecule has 2 rings (SSSR count). The Morgan fingerprint density at radius 1 is 1.42 bits per heavy atom. The smallest absolute Gasteiger partial charge is 0.280 e. The Hall–Kier alpha value is -2.57. The van der Waals surface area contributed by atoms with Crippen molar-refractivity contribution in [3.05, 3.63) is 30.0 Å². The molecule has 0 aliphatic carbocycles. The maximum Gasteiger partial charge on any atom is 0.280 e. The molecular formula is C12H15N5O2. The van der Waals surface area contributed by atoms with Gasteiger partial charge in [0.1, 0.15) is 5.75 Å².